The van der Waals surface area contributed by atoms with Gasteiger partial charge in [0.25, 0.3) is 0 Å². The number of carbonyl (C=O) groups is 1. The third-order valence-corrected chi connectivity index (χ3v) is 3.10. The van der Waals surface area contributed by atoms with Crippen LogP contribution in [-0.2, 0) is 4.79 Å². The second-order valence-electron chi connectivity index (χ2n) is 4.23. The molecule has 0 aliphatic heterocycles. The summed E-state index contributed by atoms with van der Waals surface area (Å²) >= 11 is 0. The van der Waals surface area contributed by atoms with Crippen molar-refractivity contribution in [1.29, 1.82) is 0 Å². The van der Waals surface area contributed by atoms with Crippen LogP contribution in [-0.4, -0.2) is 11.8 Å². The molecule has 14 heavy (non-hydrogen) atoms. The highest BCUT2D eigenvalue weighted by Gasteiger charge is 2.25. The second-order valence-corrected chi connectivity index (χ2v) is 4.23. The van der Waals surface area contributed by atoms with Gasteiger partial charge in [-0.25, -0.2) is 0 Å². The van der Waals surface area contributed by atoms with Gasteiger partial charge in [-0.2, -0.15) is 4.91 Å². The molecule has 3 nitrogen and oxygen atoms in total. The van der Waals surface area contributed by atoms with Gasteiger partial charge in [-0.1, -0.05) is 30.9 Å². The van der Waals surface area contributed by atoms with Gasteiger partial charge in [0.15, 0.2) is 0 Å². The lowest BCUT2D eigenvalue weighted by Gasteiger charge is -2.16. The monoisotopic (exact) mass is 197 g/mol. The zero-order valence-electron chi connectivity index (χ0n) is 8.87. The van der Waals surface area contributed by atoms with E-state index < -0.39 is 0 Å². The summed E-state index contributed by atoms with van der Waals surface area (Å²) in [5.41, 5.74) is 0. The molecule has 0 aromatic carbocycles. The number of hydrogen-bond acceptors (Lipinski definition) is 3. The normalized spacial score (nSPS) is 27.2. The van der Waals surface area contributed by atoms with E-state index in [0.717, 1.165) is 25.7 Å². The number of nitroso groups, excluding NO2 is 1. The predicted octanol–water partition coefficient (Wildman–Crippen LogP) is 3.07. The molecule has 1 aliphatic carbocycles. The third kappa shape index (κ3) is 3.20. The summed E-state index contributed by atoms with van der Waals surface area (Å²) in [6.07, 6.45) is 7.12. The van der Waals surface area contributed by atoms with Crippen LogP contribution in [0.5, 0.6) is 0 Å². The Morgan fingerprint density at radius 2 is 1.86 bits per heavy atom. The molecule has 0 spiro atoms. The average Bonchev–Trinajstić information content (AvgIpc) is 2.29. The number of ketones is 1. The van der Waals surface area contributed by atoms with E-state index in [9.17, 15) is 9.70 Å². The van der Waals surface area contributed by atoms with Gasteiger partial charge in [-0.05, 0) is 19.8 Å². The summed E-state index contributed by atoms with van der Waals surface area (Å²) in [5.74, 6) is 0.143. The van der Waals surface area contributed by atoms with E-state index in [2.05, 4.69) is 5.18 Å². The van der Waals surface area contributed by atoms with Crippen molar-refractivity contribution in [3.8, 4) is 0 Å². The number of nitrogens with zero attached hydrogens (tertiary/aromatic N) is 1. The zero-order valence-corrected chi connectivity index (χ0v) is 8.87. The van der Waals surface area contributed by atoms with Crippen LogP contribution in [0.1, 0.15) is 51.9 Å². The molecule has 1 rings (SSSR count). The minimum atomic E-state index is -0.333. The summed E-state index contributed by atoms with van der Waals surface area (Å²) in [5, 5.41) is 2.99. The van der Waals surface area contributed by atoms with E-state index in [1.165, 1.54) is 12.8 Å². The molecule has 0 radical (unpaired) electrons. The predicted molar refractivity (Wildman–Crippen MR) is 56.1 cm³/mol. The Hall–Kier alpha value is -0.730. The molecule has 1 saturated carbocycles. The summed E-state index contributed by atoms with van der Waals surface area (Å²) in [6.45, 7) is 1.76. The number of rotatable bonds is 2. The molecule has 0 heterocycles. The Bertz CT molecular complexity index is 203. The number of hydrogen-bond donors (Lipinski definition) is 0. The van der Waals surface area contributed by atoms with Crippen molar-refractivity contribution in [2.75, 3.05) is 0 Å². The van der Waals surface area contributed by atoms with Crippen LogP contribution < -0.4 is 0 Å². The largest absolute Gasteiger partial charge is 0.299 e. The summed E-state index contributed by atoms with van der Waals surface area (Å²) in [7, 11) is 0. The first-order valence-corrected chi connectivity index (χ1v) is 5.61. The van der Waals surface area contributed by atoms with Crippen LogP contribution in [0.2, 0.25) is 0 Å². The Labute approximate surface area is 85.2 Å². The number of carbonyl (C=O) groups excluding carboxylic acids is 1. The van der Waals surface area contributed by atoms with Crippen LogP contribution >= 0.6 is 0 Å². The van der Waals surface area contributed by atoms with Crippen molar-refractivity contribution < 1.29 is 4.79 Å². The maximum absolute atomic E-state index is 11.7. The van der Waals surface area contributed by atoms with Crippen LogP contribution in [0, 0.1) is 10.8 Å². The molecular weight excluding hydrogens is 178 g/mol. The maximum Gasteiger partial charge on any atom is 0.138 e. The van der Waals surface area contributed by atoms with E-state index in [1.54, 1.807) is 6.92 Å². The smallest absolute Gasteiger partial charge is 0.138 e. The second kappa shape index (κ2) is 5.89. The van der Waals surface area contributed by atoms with Gasteiger partial charge >= 0.3 is 0 Å². The van der Waals surface area contributed by atoms with Crippen molar-refractivity contribution in [2.45, 2.75) is 57.9 Å². The fourth-order valence-corrected chi connectivity index (χ4v) is 2.12. The van der Waals surface area contributed by atoms with E-state index in [-0.39, 0.29) is 17.7 Å². The Morgan fingerprint density at radius 1 is 1.21 bits per heavy atom. The highest BCUT2D eigenvalue weighted by molar-refractivity contribution is 5.81. The molecule has 2 unspecified atom stereocenters. The molecule has 1 aliphatic rings. The molecule has 0 amide bonds. The molecule has 2 atom stereocenters. The lowest BCUT2D eigenvalue weighted by Crippen LogP contribution is -2.24. The summed E-state index contributed by atoms with van der Waals surface area (Å²) in [4.78, 5) is 22.2. The maximum atomic E-state index is 11.7. The van der Waals surface area contributed by atoms with Crippen molar-refractivity contribution >= 4 is 5.78 Å². The Morgan fingerprint density at radius 3 is 2.57 bits per heavy atom. The first-order chi connectivity index (χ1) is 6.75. The first-order valence-electron chi connectivity index (χ1n) is 5.61. The van der Waals surface area contributed by atoms with Crippen molar-refractivity contribution in [3.05, 3.63) is 4.91 Å². The van der Waals surface area contributed by atoms with Crippen LogP contribution in [0.3, 0.4) is 0 Å². The molecule has 0 aromatic heterocycles. The van der Waals surface area contributed by atoms with Crippen molar-refractivity contribution in [3.63, 3.8) is 0 Å². The van der Waals surface area contributed by atoms with E-state index >= 15 is 0 Å². The molecular formula is C11H19NO2. The highest BCUT2D eigenvalue weighted by Crippen LogP contribution is 2.23. The molecule has 3 heteroatoms. The van der Waals surface area contributed by atoms with Gasteiger partial charge < -0.3 is 0 Å². The SMILES string of the molecule is CC(N=O)C1CCCCCCCC1=O. The fraction of sp³-hybridized carbons (Fsp3) is 0.909. The van der Waals surface area contributed by atoms with E-state index in [1.807, 2.05) is 0 Å². The quantitative estimate of drug-likeness (QED) is 0.639. The standard InChI is InChI=1S/C11H19NO2/c1-9(12-14)10-7-5-3-2-4-6-8-11(10)13/h9-10H,2-8H2,1H3. The number of Topliss-reactive ketones (excluding diaryl/α,β-unsaturated/α-hetero) is 1. The zero-order chi connectivity index (χ0) is 10.4. The average molecular weight is 197 g/mol. The molecule has 0 bridgehead atoms. The Balaban J connectivity index is 2.57. The minimum absolute atomic E-state index is 0.106. The van der Waals surface area contributed by atoms with Gasteiger partial charge in [0.2, 0.25) is 0 Å². The van der Waals surface area contributed by atoms with Gasteiger partial charge in [0.1, 0.15) is 5.78 Å². The van der Waals surface area contributed by atoms with Gasteiger partial charge in [-0.3, -0.25) is 4.79 Å². The lowest BCUT2D eigenvalue weighted by molar-refractivity contribution is -0.123. The van der Waals surface area contributed by atoms with Gasteiger partial charge in [-0.15, -0.1) is 0 Å². The fourth-order valence-electron chi connectivity index (χ4n) is 2.12. The Kier molecular flexibility index (Phi) is 4.77. The summed E-state index contributed by atoms with van der Waals surface area (Å²) < 4.78 is 0. The van der Waals surface area contributed by atoms with E-state index in [4.69, 9.17) is 0 Å². The highest BCUT2D eigenvalue weighted by atomic mass is 16.3. The van der Waals surface area contributed by atoms with Gasteiger partial charge in [0.05, 0.1) is 6.04 Å². The third-order valence-electron chi connectivity index (χ3n) is 3.10. The van der Waals surface area contributed by atoms with Crippen LogP contribution in [0.15, 0.2) is 5.18 Å². The van der Waals surface area contributed by atoms with Crippen molar-refractivity contribution in [2.24, 2.45) is 11.1 Å². The minimum Gasteiger partial charge on any atom is -0.299 e. The molecule has 80 valence electrons. The van der Waals surface area contributed by atoms with E-state index in [0.29, 0.717) is 6.42 Å². The first kappa shape index (κ1) is 11.3. The molecule has 0 aromatic rings. The summed E-state index contributed by atoms with van der Waals surface area (Å²) in [6, 6.07) is -0.333. The lowest BCUT2D eigenvalue weighted by atomic mass is 9.90. The van der Waals surface area contributed by atoms with Crippen LogP contribution in [0.25, 0.3) is 0 Å². The van der Waals surface area contributed by atoms with Crippen molar-refractivity contribution in [1.82, 2.24) is 0 Å². The molecule has 0 N–H and O–H groups in total. The van der Waals surface area contributed by atoms with Crippen LogP contribution in [0.4, 0.5) is 0 Å². The topological polar surface area (TPSA) is 46.5 Å². The van der Waals surface area contributed by atoms with Gasteiger partial charge in [0, 0.05) is 12.3 Å². The molecule has 1 fully saturated rings. The molecule has 0 saturated heterocycles.